The van der Waals surface area contributed by atoms with Crippen LogP contribution in [0.3, 0.4) is 0 Å². The summed E-state index contributed by atoms with van der Waals surface area (Å²) in [7, 11) is 0. The minimum Gasteiger partial charge on any atom is -0.490 e. The molecule has 0 spiro atoms. The topological polar surface area (TPSA) is 88.4 Å². The summed E-state index contributed by atoms with van der Waals surface area (Å²) in [5.74, 6) is 0.299. The number of Topliss-reactive ketones (excluding diaryl/α,β-unsaturated/α-hetero) is 1. The van der Waals surface area contributed by atoms with Gasteiger partial charge in [0.1, 0.15) is 18.2 Å². The lowest BCUT2D eigenvalue weighted by atomic mass is 10.1. The maximum Gasteiger partial charge on any atom is 0.266 e. The van der Waals surface area contributed by atoms with Crippen LogP contribution in [0, 0.1) is 11.3 Å². The van der Waals surface area contributed by atoms with Gasteiger partial charge in [-0.25, -0.2) is 0 Å². The number of anilines is 1. The molecule has 0 heterocycles. The molecule has 3 aromatic carbocycles. The van der Waals surface area contributed by atoms with E-state index >= 15 is 0 Å². The van der Waals surface area contributed by atoms with Gasteiger partial charge in [0.2, 0.25) is 0 Å². The SMILES string of the molecule is CCOc1cc(/C=C(/C#N)C(=O)Nc2ccccc2C(C)=O)ccc1OCc1ccccc1. The molecule has 0 aromatic heterocycles. The lowest BCUT2D eigenvalue weighted by Gasteiger charge is -2.13. The minimum atomic E-state index is -0.603. The van der Waals surface area contributed by atoms with Crippen molar-refractivity contribution in [3.05, 3.63) is 95.1 Å². The van der Waals surface area contributed by atoms with Crippen LogP contribution in [0.5, 0.6) is 11.5 Å². The number of ether oxygens (including phenoxy) is 2. The molecule has 0 unspecified atom stereocenters. The van der Waals surface area contributed by atoms with Gasteiger partial charge in [-0.3, -0.25) is 9.59 Å². The van der Waals surface area contributed by atoms with Gasteiger partial charge >= 0.3 is 0 Å². The van der Waals surface area contributed by atoms with Gasteiger partial charge in [-0.05, 0) is 55.3 Å². The zero-order valence-corrected chi connectivity index (χ0v) is 18.5. The molecule has 0 saturated heterocycles. The van der Waals surface area contributed by atoms with Gasteiger partial charge in [-0.1, -0.05) is 48.5 Å². The van der Waals surface area contributed by atoms with E-state index in [1.165, 1.54) is 13.0 Å². The Labute approximate surface area is 193 Å². The second kappa shape index (κ2) is 11.3. The summed E-state index contributed by atoms with van der Waals surface area (Å²) in [6.45, 7) is 4.10. The Bertz CT molecular complexity index is 1210. The van der Waals surface area contributed by atoms with Crippen molar-refractivity contribution >= 4 is 23.5 Å². The first-order chi connectivity index (χ1) is 16.0. The Morgan fingerprint density at radius 3 is 2.39 bits per heavy atom. The van der Waals surface area contributed by atoms with Gasteiger partial charge < -0.3 is 14.8 Å². The van der Waals surface area contributed by atoms with Crippen LogP contribution in [0.4, 0.5) is 5.69 Å². The summed E-state index contributed by atoms with van der Waals surface area (Å²) in [5, 5.41) is 12.2. The Hall–Kier alpha value is -4.37. The summed E-state index contributed by atoms with van der Waals surface area (Å²) in [4.78, 5) is 24.5. The number of carbonyl (C=O) groups excluding carboxylic acids is 2. The van der Waals surface area contributed by atoms with Gasteiger partial charge in [0, 0.05) is 5.56 Å². The molecule has 3 rings (SSSR count). The largest absolute Gasteiger partial charge is 0.490 e. The standard InChI is InChI=1S/C27H24N2O4/c1-3-32-26-16-21(13-14-25(26)33-18-20-9-5-4-6-10-20)15-22(17-28)27(31)29-24-12-8-7-11-23(24)19(2)30/h4-16H,3,18H2,1-2H3,(H,29,31)/b22-15-. The molecule has 0 aliphatic carbocycles. The smallest absolute Gasteiger partial charge is 0.266 e. The number of ketones is 1. The normalized spacial score (nSPS) is 10.8. The second-order valence-electron chi connectivity index (χ2n) is 7.14. The molecule has 0 atom stereocenters. The first-order valence-electron chi connectivity index (χ1n) is 10.5. The van der Waals surface area contributed by atoms with Crippen LogP contribution in [0.15, 0.2) is 78.4 Å². The summed E-state index contributed by atoms with van der Waals surface area (Å²) in [5.41, 5.74) is 2.27. The van der Waals surface area contributed by atoms with Crippen molar-refractivity contribution in [1.82, 2.24) is 0 Å². The number of hydrogen-bond acceptors (Lipinski definition) is 5. The number of nitrogens with one attached hydrogen (secondary N) is 1. The lowest BCUT2D eigenvalue weighted by Crippen LogP contribution is -2.15. The van der Waals surface area contributed by atoms with E-state index in [2.05, 4.69) is 5.32 Å². The predicted octanol–water partition coefficient (Wildman–Crippen LogP) is 5.41. The summed E-state index contributed by atoms with van der Waals surface area (Å²) in [6.07, 6.45) is 1.47. The van der Waals surface area contributed by atoms with Crippen molar-refractivity contribution in [1.29, 1.82) is 5.26 Å². The van der Waals surface area contributed by atoms with Crippen LogP contribution in [0.1, 0.15) is 35.3 Å². The fourth-order valence-corrected chi connectivity index (χ4v) is 3.14. The third-order valence-corrected chi connectivity index (χ3v) is 4.74. The monoisotopic (exact) mass is 440 g/mol. The van der Waals surface area contributed by atoms with E-state index in [1.807, 2.05) is 43.3 Å². The highest BCUT2D eigenvalue weighted by Gasteiger charge is 2.14. The summed E-state index contributed by atoms with van der Waals surface area (Å²) in [6, 6.07) is 23.6. The van der Waals surface area contributed by atoms with Crippen molar-refractivity contribution in [2.75, 3.05) is 11.9 Å². The van der Waals surface area contributed by atoms with E-state index in [-0.39, 0.29) is 11.4 Å². The van der Waals surface area contributed by atoms with E-state index in [1.54, 1.807) is 42.5 Å². The van der Waals surface area contributed by atoms with Crippen molar-refractivity contribution in [3.63, 3.8) is 0 Å². The molecular weight excluding hydrogens is 416 g/mol. The fourth-order valence-electron chi connectivity index (χ4n) is 3.14. The number of rotatable bonds is 9. The molecule has 33 heavy (non-hydrogen) atoms. The van der Waals surface area contributed by atoms with Crippen molar-refractivity contribution < 1.29 is 19.1 Å². The van der Waals surface area contributed by atoms with Crippen LogP contribution in [-0.4, -0.2) is 18.3 Å². The highest BCUT2D eigenvalue weighted by molar-refractivity contribution is 6.12. The van der Waals surface area contributed by atoms with Crippen molar-refractivity contribution in [2.45, 2.75) is 20.5 Å². The maximum absolute atomic E-state index is 12.7. The Morgan fingerprint density at radius 2 is 1.70 bits per heavy atom. The number of nitrogens with zero attached hydrogens (tertiary/aromatic N) is 1. The molecule has 0 aliphatic heterocycles. The zero-order chi connectivity index (χ0) is 23.6. The molecule has 0 aliphatic rings. The van der Waals surface area contributed by atoms with Crippen molar-refractivity contribution in [3.8, 4) is 17.6 Å². The summed E-state index contributed by atoms with van der Waals surface area (Å²) < 4.78 is 11.6. The van der Waals surface area contributed by atoms with Gasteiger partial charge in [0.15, 0.2) is 17.3 Å². The average Bonchev–Trinajstić information content (AvgIpc) is 2.83. The van der Waals surface area contributed by atoms with E-state index < -0.39 is 5.91 Å². The fraction of sp³-hybridized carbons (Fsp3) is 0.148. The van der Waals surface area contributed by atoms with E-state index in [4.69, 9.17) is 9.47 Å². The van der Waals surface area contributed by atoms with E-state index in [0.29, 0.717) is 41.5 Å². The molecule has 166 valence electrons. The van der Waals surface area contributed by atoms with Crippen LogP contribution < -0.4 is 14.8 Å². The number of benzene rings is 3. The Morgan fingerprint density at radius 1 is 0.970 bits per heavy atom. The van der Waals surface area contributed by atoms with E-state index in [9.17, 15) is 14.9 Å². The van der Waals surface area contributed by atoms with Gasteiger partial charge in [0.05, 0.1) is 12.3 Å². The second-order valence-corrected chi connectivity index (χ2v) is 7.14. The molecule has 6 nitrogen and oxygen atoms in total. The highest BCUT2D eigenvalue weighted by Crippen LogP contribution is 2.30. The maximum atomic E-state index is 12.7. The number of hydrogen-bond donors (Lipinski definition) is 1. The summed E-state index contributed by atoms with van der Waals surface area (Å²) >= 11 is 0. The van der Waals surface area contributed by atoms with Crippen LogP contribution in [0.25, 0.3) is 6.08 Å². The average molecular weight is 440 g/mol. The van der Waals surface area contributed by atoms with Gasteiger partial charge in [-0.2, -0.15) is 5.26 Å². The number of nitriles is 1. The van der Waals surface area contributed by atoms with Crippen LogP contribution >= 0.6 is 0 Å². The third-order valence-electron chi connectivity index (χ3n) is 4.74. The van der Waals surface area contributed by atoms with Crippen LogP contribution in [-0.2, 0) is 11.4 Å². The highest BCUT2D eigenvalue weighted by atomic mass is 16.5. The molecule has 0 bridgehead atoms. The third kappa shape index (κ3) is 6.31. The molecular formula is C27H24N2O4. The molecule has 6 heteroatoms. The Kier molecular flexibility index (Phi) is 7.98. The first kappa shape index (κ1) is 23.3. The molecule has 1 amide bonds. The molecule has 3 aromatic rings. The molecule has 1 N–H and O–H groups in total. The Balaban J connectivity index is 1.81. The molecule has 0 saturated carbocycles. The molecule has 0 fully saturated rings. The number of amides is 1. The quantitative estimate of drug-likeness (QED) is 0.273. The number of carbonyl (C=O) groups is 2. The van der Waals surface area contributed by atoms with Crippen LogP contribution in [0.2, 0.25) is 0 Å². The minimum absolute atomic E-state index is 0.103. The molecule has 0 radical (unpaired) electrons. The predicted molar refractivity (Wildman–Crippen MR) is 127 cm³/mol. The van der Waals surface area contributed by atoms with Gasteiger partial charge in [-0.15, -0.1) is 0 Å². The van der Waals surface area contributed by atoms with Crippen molar-refractivity contribution in [2.24, 2.45) is 0 Å². The van der Waals surface area contributed by atoms with E-state index in [0.717, 1.165) is 5.56 Å². The van der Waals surface area contributed by atoms with Gasteiger partial charge in [0.25, 0.3) is 5.91 Å². The first-order valence-corrected chi connectivity index (χ1v) is 10.5. The number of para-hydroxylation sites is 1. The zero-order valence-electron chi connectivity index (χ0n) is 18.5. The lowest BCUT2D eigenvalue weighted by molar-refractivity contribution is -0.112.